The normalized spacial score (nSPS) is 23.1. The summed E-state index contributed by atoms with van der Waals surface area (Å²) in [5, 5.41) is 74.5. The lowest BCUT2D eigenvalue weighted by Gasteiger charge is -2.41. The van der Waals surface area contributed by atoms with Gasteiger partial charge in [-0.15, -0.1) is 0 Å². The molecule has 1 amide bonds. The van der Waals surface area contributed by atoms with Gasteiger partial charge in [0.1, 0.15) is 36.6 Å². The monoisotopic (exact) mass is 918 g/mol. The van der Waals surface area contributed by atoms with E-state index in [-0.39, 0.29) is 6.42 Å². The van der Waals surface area contributed by atoms with Gasteiger partial charge in [-0.1, -0.05) is 198 Å². The average Bonchev–Trinajstić information content (AvgIpc) is 3.26. The van der Waals surface area contributed by atoms with Gasteiger partial charge in [0.15, 0.2) is 0 Å². The number of aliphatic hydroxyl groups is 7. The van der Waals surface area contributed by atoms with Crippen LogP contribution in [0.1, 0.15) is 206 Å². The van der Waals surface area contributed by atoms with Crippen LogP contribution in [-0.4, -0.2) is 108 Å². The highest BCUT2D eigenvalue weighted by atomic mass is 31.2. The number of nitrogens with one attached hydrogen (secondary N) is 1. The Balaban J connectivity index is 2.44. The largest absolute Gasteiger partial charge is 0.472 e. The zero-order valence-corrected chi connectivity index (χ0v) is 40.1. The SMILES string of the molecule is CCCC/C=C/CC/C=C/CC/C=C/C(O)C(COP(=O)(O)OC1C(O)C(O)C(O)C(O)C1O)NC(=O)CC(O)CCCCCCCCCCCCCCCCCCCCCCC. The van der Waals surface area contributed by atoms with Crippen molar-refractivity contribution in [2.75, 3.05) is 6.61 Å². The minimum Gasteiger partial charge on any atom is -0.393 e. The molecule has 0 radical (unpaired) electrons. The van der Waals surface area contributed by atoms with Crippen molar-refractivity contribution in [2.24, 2.45) is 0 Å². The first-order valence-corrected chi connectivity index (χ1v) is 26.5. The van der Waals surface area contributed by atoms with Crippen LogP contribution in [-0.2, 0) is 18.4 Å². The first kappa shape index (κ1) is 59.5. The highest BCUT2D eigenvalue weighted by Crippen LogP contribution is 2.47. The van der Waals surface area contributed by atoms with Crippen LogP contribution in [0.15, 0.2) is 36.5 Å². The molecule has 0 aliphatic heterocycles. The summed E-state index contributed by atoms with van der Waals surface area (Å²) in [5.41, 5.74) is 0. The number of carbonyl (C=O) groups excluding carboxylic acids is 1. The lowest BCUT2D eigenvalue weighted by molar-refractivity contribution is -0.220. The highest BCUT2D eigenvalue weighted by Gasteiger charge is 2.51. The second kappa shape index (κ2) is 38.6. The number of phosphoric ester groups is 1. The molecule has 0 bridgehead atoms. The second-order valence-electron chi connectivity index (χ2n) is 17.8. The first-order valence-electron chi connectivity index (χ1n) is 25.0. The van der Waals surface area contributed by atoms with E-state index in [0.29, 0.717) is 19.3 Å². The van der Waals surface area contributed by atoms with E-state index >= 15 is 0 Å². The van der Waals surface area contributed by atoms with E-state index in [0.717, 1.165) is 44.9 Å². The summed E-state index contributed by atoms with van der Waals surface area (Å²) in [5.74, 6) is -0.606. The van der Waals surface area contributed by atoms with Crippen molar-refractivity contribution in [3.05, 3.63) is 36.5 Å². The van der Waals surface area contributed by atoms with E-state index in [1.54, 1.807) is 6.08 Å². The van der Waals surface area contributed by atoms with Crippen molar-refractivity contribution in [3.8, 4) is 0 Å². The van der Waals surface area contributed by atoms with Crippen molar-refractivity contribution in [1.29, 1.82) is 0 Å². The van der Waals surface area contributed by atoms with Crippen LogP contribution >= 0.6 is 7.82 Å². The Labute approximate surface area is 381 Å². The lowest BCUT2D eigenvalue weighted by Crippen LogP contribution is -2.64. The van der Waals surface area contributed by atoms with Crippen molar-refractivity contribution in [2.45, 2.75) is 261 Å². The Morgan fingerprint density at radius 1 is 0.556 bits per heavy atom. The number of carbonyl (C=O) groups is 1. The maximum atomic E-state index is 13.0. The molecule has 1 aliphatic carbocycles. The molecule has 1 aliphatic rings. The Bertz CT molecular complexity index is 1220. The summed E-state index contributed by atoms with van der Waals surface area (Å²) in [4.78, 5) is 23.4. The number of amides is 1. The predicted octanol–water partition coefficient (Wildman–Crippen LogP) is 8.92. The fourth-order valence-corrected chi connectivity index (χ4v) is 8.81. The summed E-state index contributed by atoms with van der Waals surface area (Å²) < 4.78 is 22.8. The van der Waals surface area contributed by atoms with Gasteiger partial charge >= 0.3 is 7.82 Å². The molecule has 370 valence electrons. The quantitative estimate of drug-likeness (QED) is 0.0159. The van der Waals surface area contributed by atoms with Gasteiger partial charge in [0.05, 0.1) is 31.3 Å². The molecule has 0 heterocycles. The standard InChI is InChI=1S/C49H92NO12P/c1-3-5-7-9-11-13-15-17-18-19-20-21-22-23-24-25-26-28-30-32-34-36-40(51)38-43(53)50-41(42(52)37-35-33-31-29-27-16-14-12-10-8-6-4-2)39-61-63(59,60)62-49-47(57)45(55)44(54)46(56)48(49)58/h10,12,27,29,35,37,40-42,44-49,51-52,54-58H,3-9,11,13-26,28,30-34,36,38-39H2,1-2H3,(H,50,53)(H,59,60)/b12-10+,29-27+,37-35+. The van der Waals surface area contributed by atoms with Crippen molar-refractivity contribution in [3.63, 3.8) is 0 Å². The third kappa shape index (κ3) is 30.4. The van der Waals surface area contributed by atoms with Crippen LogP contribution in [0.4, 0.5) is 0 Å². The van der Waals surface area contributed by atoms with Crippen LogP contribution in [0.25, 0.3) is 0 Å². The molecule has 1 rings (SSSR count). The van der Waals surface area contributed by atoms with Gasteiger partial charge in [-0.05, 0) is 38.5 Å². The summed E-state index contributed by atoms with van der Waals surface area (Å²) in [6.45, 7) is 3.68. The van der Waals surface area contributed by atoms with Gasteiger partial charge in [-0.3, -0.25) is 13.8 Å². The smallest absolute Gasteiger partial charge is 0.393 e. The van der Waals surface area contributed by atoms with Crippen LogP contribution in [0.3, 0.4) is 0 Å². The van der Waals surface area contributed by atoms with Crippen molar-refractivity contribution in [1.82, 2.24) is 5.32 Å². The van der Waals surface area contributed by atoms with E-state index in [2.05, 4.69) is 37.4 Å². The molecular formula is C49H92NO12P. The van der Waals surface area contributed by atoms with Crippen molar-refractivity contribution < 1.29 is 59.0 Å². The molecule has 1 fully saturated rings. The molecule has 0 saturated heterocycles. The van der Waals surface area contributed by atoms with E-state index in [1.807, 2.05) is 6.08 Å². The fraction of sp³-hybridized carbons (Fsp3) is 0.857. The summed E-state index contributed by atoms with van der Waals surface area (Å²) >= 11 is 0. The van der Waals surface area contributed by atoms with E-state index in [4.69, 9.17) is 9.05 Å². The zero-order valence-electron chi connectivity index (χ0n) is 39.2. The zero-order chi connectivity index (χ0) is 46.6. The van der Waals surface area contributed by atoms with Gasteiger partial charge < -0.3 is 46.0 Å². The van der Waals surface area contributed by atoms with Gasteiger partial charge in [0.25, 0.3) is 0 Å². The maximum Gasteiger partial charge on any atom is 0.472 e. The molecule has 8 unspecified atom stereocenters. The molecule has 13 nitrogen and oxygen atoms in total. The summed E-state index contributed by atoms with van der Waals surface area (Å²) in [7, 11) is -5.15. The third-order valence-corrected chi connectivity index (χ3v) is 12.9. The van der Waals surface area contributed by atoms with E-state index in [1.165, 1.54) is 128 Å². The molecule has 0 aromatic rings. The number of phosphoric acid groups is 1. The molecular weight excluding hydrogens is 826 g/mol. The average molecular weight is 918 g/mol. The molecule has 0 aromatic heterocycles. The van der Waals surface area contributed by atoms with Crippen LogP contribution in [0, 0.1) is 0 Å². The number of aliphatic hydroxyl groups excluding tert-OH is 7. The van der Waals surface area contributed by atoms with E-state index in [9.17, 15) is 50.0 Å². The molecule has 8 atom stereocenters. The predicted molar refractivity (Wildman–Crippen MR) is 252 cm³/mol. The molecule has 0 spiro atoms. The Hall–Kier alpha value is -1.48. The van der Waals surface area contributed by atoms with Gasteiger partial charge in [0.2, 0.25) is 5.91 Å². The number of unbranched alkanes of at least 4 members (excludes halogenated alkanes) is 24. The summed E-state index contributed by atoms with van der Waals surface area (Å²) in [6.07, 6.45) is 31.1. The van der Waals surface area contributed by atoms with Crippen molar-refractivity contribution >= 4 is 13.7 Å². The molecule has 14 heteroatoms. The minimum atomic E-state index is -5.15. The maximum absolute atomic E-state index is 13.0. The number of hydrogen-bond donors (Lipinski definition) is 9. The molecule has 63 heavy (non-hydrogen) atoms. The van der Waals surface area contributed by atoms with Crippen LogP contribution in [0.5, 0.6) is 0 Å². The van der Waals surface area contributed by atoms with Gasteiger partial charge in [-0.2, -0.15) is 0 Å². The van der Waals surface area contributed by atoms with Crippen LogP contribution in [0.2, 0.25) is 0 Å². The van der Waals surface area contributed by atoms with Gasteiger partial charge in [0, 0.05) is 0 Å². The Morgan fingerprint density at radius 2 is 0.937 bits per heavy atom. The first-order chi connectivity index (χ1) is 30.3. The molecule has 1 saturated carbocycles. The Kier molecular flexibility index (Phi) is 36.5. The van der Waals surface area contributed by atoms with Crippen LogP contribution < -0.4 is 5.32 Å². The second-order valence-corrected chi connectivity index (χ2v) is 19.2. The summed E-state index contributed by atoms with van der Waals surface area (Å²) in [6, 6.07) is -1.26. The lowest BCUT2D eigenvalue weighted by atomic mass is 9.85. The number of allylic oxidation sites excluding steroid dienone is 5. The minimum absolute atomic E-state index is 0.253. The van der Waals surface area contributed by atoms with E-state index < -0.39 is 75.2 Å². The third-order valence-electron chi connectivity index (χ3n) is 12.0. The fourth-order valence-electron chi connectivity index (χ4n) is 7.85. The molecule has 0 aromatic carbocycles. The topological polar surface area (TPSA) is 226 Å². The number of hydrogen-bond acceptors (Lipinski definition) is 11. The number of rotatable bonds is 41. The highest BCUT2D eigenvalue weighted by molar-refractivity contribution is 7.47. The molecule has 9 N–H and O–H groups in total. The van der Waals surface area contributed by atoms with Gasteiger partial charge in [-0.25, -0.2) is 4.57 Å². The Morgan fingerprint density at radius 3 is 1.38 bits per heavy atom.